The third-order valence-electron chi connectivity index (χ3n) is 2.48. The molecule has 0 unspecified atom stereocenters. The summed E-state index contributed by atoms with van der Waals surface area (Å²) >= 11 is 0. The second-order valence-electron chi connectivity index (χ2n) is 3.69. The van der Waals surface area contributed by atoms with Crippen LogP contribution in [0.1, 0.15) is 32.6 Å². The molecule has 1 aromatic heterocycles. The Kier molecular flexibility index (Phi) is 4.69. The van der Waals surface area contributed by atoms with E-state index in [2.05, 4.69) is 9.72 Å². The van der Waals surface area contributed by atoms with Gasteiger partial charge in [-0.15, -0.1) is 0 Å². The lowest BCUT2D eigenvalue weighted by Gasteiger charge is -2.15. The number of esters is 1. The number of ether oxygens (including phenoxy) is 2. The summed E-state index contributed by atoms with van der Waals surface area (Å²) in [6, 6.07) is 5.62. The fraction of sp³-hybridized carbons (Fsp3) is 0.385. The number of aromatic nitrogens is 1. The van der Waals surface area contributed by atoms with Gasteiger partial charge in [0.2, 0.25) is 0 Å². The van der Waals surface area contributed by atoms with Gasteiger partial charge >= 0.3 is 5.97 Å². The number of hydrogen-bond donors (Lipinski definition) is 0. The van der Waals surface area contributed by atoms with Crippen LogP contribution < -0.4 is 0 Å². The molecule has 17 heavy (non-hydrogen) atoms. The minimum absolute atomic E-state index is 0.198. The third kappa shape index (κ3) is 3.59. The van der Waals surface area contributed by atoms with E-state index in [1.807, 2.05) is 25.1 Å². The molecule has 0 aromatic carbocycles. The minimum Gasteiger partial charge on any atom is -0.489 e. The maximum absolute atomic E-state index is 11.3. The molecule has 92 valence electrons. The van der Waals surface area contributed by atoms with Gasteiger partial charge in [-0.1, -0.05) is 6.07 Å². The van der Waals surface area contributed by atoms with Gasteiger partial charge in [-0.2, -0.15) is 0 Å². The Hall–Kier alpha value is -1.84. The van der Waals surface area contributed by atoms with Crippen molar-refractivity contribution < 1.29 is 14.3 Å². The highest BCUT2D eigenvalue weighted by Crippen LogP contribution is 2.19. The van der Waals surface area contributed by atoms with E-state index in [0.717, 1.165) is 5.69 Å². The van der Waals surface area contributed by atoms with E-state index in [0.29, 0.717) is 11.3 Å². The Morgan fingerprint density at radius 3 is 2.59 bits per heavy atom. The summed E-state index contributed by atoms with van der Waals surface area (Å²) in [5, 5.41) is 0. The van der Waals surface area contributed by atoms with Crippen LogP contribution in [0.5, 0.6) is 0 Å². The van der Waals surface area contributed by atoms with Crippen LogP contribution in [0.3, 0.4) is 0 Å². The molecule has 0 fully saturated rings. The molecule has 1 heterocycles. The molecule has 4 heteroatoms. The van der Waals surface area contributed by atoms with Crippen LogP contribution in [-0.4, -0.2) is 18.1 Å². The number of carbonyl (C=O) groups excluding carboxylic acids is 1. The van der Waals surface area contributed by atoms with E-state index in [1.54, 1.807) is 20.0 Å². The smallest absolute Gasteiger partial charge is 0.336 e. The quantitative estimate of drug-likeness (QED) is 0.457. The SMILES string of the molecule is COC(=O)/C(C)=C(\C)O[C@@H](C)c1ccccn1. The van der Waals surface area contributed by atoms with Crippen molar-refractivity contribution in [2.45, 2.75) is 26.9 Å². The van der Waals surface area contributed by atoms with Crippen LogP contribution in [0.2, 0.25) is 0 Å². The van der Waals surface area contributed by atoms with E-state index in [1.165, 1.54) is 7.11 Å². The molecule has 0 spiro atoms. The van der Waals surface area contributed by atoms with Gasteiger partial charge in [-0.3, -0.25) is 4.98 Å². The lowest BCUT2D eigenvalue weighted by molar-refractivity contribution is -0.136. The summed E-state index contributed by atoms with van der Waals surface area (Å²) in [7, 11) is 1.35. The summed E-state index contributed by atoms with van der Waals surface area (Å²) in [5.41, 5.74) is 1.29. The van der Waals surface area contributed by atoms with Crippen LogP contribution in [0.25, 0.3) is 0 Å². The summed E-state index contributed by atoms with van der Waals surface area (Å²) in [6.45, 7) is 5.30. The molecule has 1 atom stereocenters. The highest BCUT2D eigenvalue weighted by Gasteiger charge is 2.13. The number of carbonyl (C=O) groups is 1. The average Bonchev–Trinajstić information content (AvgIpc) is 2.37. The minimum atomic E-state index is -0.379. The molecule has 0 aliphatic carbocycles. The van der Waals surface area contributed by atoms with Crippen molar-refractivity contribution in [3.05, 3.63) is 41.4 Å². The molecule has 0 aliphatic rings. The Balaban J connectivity index is 2.75. The molecule has 0 bridgehead atoms. The third-order valence-corrected chi connectivity index (χ3v) is 2.48. The molecule has 0 saturated carbocycles. The monoisotopic (exact) mass is 235 g/mol. The second kappa shape index (κ2) is 6.03. The van der Waals surface area contributed by atoms with Crippen molar-refractivity contribution in [3.8, 4) is 0 Å². The van der Waals surface area contributed by atoms with E-state index in [9.17, 15) is 4.79 Å². The van der Waals surface area contributed by atoms with Crippen molar-refractivity contribution in [1.29, 1.82) is 0 Å². The average molecular weight is 235 g/mol. The molecular formula is C13H17NO3. The molecule has 0 amide bonds. The predicted octanol–water partition coefficient (Wildman–Crippen LogP) is 2.63. The zero-order valence-corrected chi connectivity index (χ0v) is 10.6. The van der Waals surface area contributed by atoms with E-state index in [4.69, 9.17) is 4.74 Å². The number of methoxy groups -OCH3 is 1. The zero-order chi connectivity index (χ0) is 12.8. The summed E-state index contributed by atoms with van der Waals surface area (Å²) in [5.74, 6) is 0.172. The number of nitrogens with zero attached hydrogens (tertiary/aromatic N) is 1. The molecule has 4 nitrogen and oxygen atoms in total. The van der Waals surface area contributed by atoms with Gasteiger partial charge in [0.25, 0.3) is 0 Å². The zero-order valence-electron chi connectivity index (χ0n) is 10.6. The van der Waals surface area contributed by atoms with E-state index >= 15 is 0 Å². The van der Waals surface area contributed by atoms with Crippen LogP contribution in [0.4, 0.5) is 0 Å². The Morgan fingerprint density at radius 1 is 1.35 bits per heavy atom. The maximum atomic E-state index is 11.3. The fourth-order valence-electron chi connectivity index (χ4n) is 1.33. The standard InChI is InChI=1S/C13H17NO3/c1-9(13(15)16-4)10(2)17-11(3)12-7-5-6-8-14-12/h5-8,11H,1-4H3/b10-9+/t11-/m0/s1. The summed E-state index contributed by atoms with van der Waals surface area (Å²) in [6.07, 6.45) is 1.51. The summed E-state index contributed by atoms with van der Waals surface area (Å²) < 4.78 is 10.3. The molecule has 0 N–H and O–H groups in total. The first kappa shape index (κ1) is 13.2. The number of rotatable bonds is 4. The summed E-state index contributed by atoms with van der Waals surface area (Å²) in [4.78, 5) is 15.5. The largest absolute Gasteiger partial charge is 0.489 e. The van der Waals surface area contributed by atoms with Gasteiger partial charge in [0.05, 0.1) is 18.4 Å². The van der Waals surface area contributed by atoms with Crippen LogP contribution >= 0.6 is 0 Å². The van der Waals surface area contributed by atoms with Gasteiger partial charge in [0.1, 0.15) is 11.9 Å². The predicted molar refractivity (Wildman–Crippen MR) is 64.1 cm³/mol. The number of hydrogen-bond acceptors (Lipinski definition) is 4. The molecular weight excluding hydrogens is 218 g/mol. The van der Waals surface area contributed by atoms with Crippen molar-refractivity contribution in [2.24, 2.45) is 0 Å². The topological polar surface area (TPSA) is 48.4 Å². The van der Waals surface area contributed by atoms with Gasteiger partial charge in [0.15, 0.2) is 0 Å². The molecule has 0 radical (unpaired) electrons. The Bertz CT molecular complexity index is 412. The number of allylic oxidation sites excluding steroid dienone is 1. The Morgan fingerprint density at radius 2 is 2.06 bits per heavy atom. The van der Waals surface area contributed by atoms with Crippen LogP contribution in [0.15, 0.2) is 35.7 Å². The van der Waals surface area contributed by atoms with Crippen molar-refractivity contribution in [3.63, 3.8) is 0 Å². The normalized spacial score (nSPS) is 13.6. The first-order valence-corrected chi connectivity index (χ1v) is 5.39. The lowest BCUT2D eigenvalue weighted by Crippen LogP contribution is -2.08. The van der Waals surface area contributed by atoms with Crippen LogP contribution in [-0.2, 0) is 14.3 Å². The van der Waals surface area contributed by atoms with Gasteiger partial charge in [0, 0.05) is 6.20 Å². The highest BCUT2D eigenvalue weighted by molar-refractivity contribution is 5.88. The first-order chi connectivity index (χ1) is 8.06. The van der Waals surface area contributed by atoms with E-state index < -0.39 is 0 Å². The first-order valence-electron chi connectivity index (χ1n) is 5.39. The van der Waals surface area contributed by atoms with Crippen molar-refractivity contribution in [1.82, 2.24) is 4.98 Å². The Labute approximate surface area is 101 Å². The van der Waals surface area contributed by atoms with Gasteiger partial charge in [-0.05, 0) is 32.9 Å². The number of pyridine rings is 1. The molecule has 1 rings (SSSR count). The van der Waals surface area contributed by atoms with Crippen LogP contribution in [0, 0.1) is 0 Å². The van der Waals surface area contributed by atoms with Gasteiger partial charge in [-0.25, -0.2) is 4.79 Å². The molecule has 0 aliphatic heterocycles. The van der Waals surface area contributed by atoms with Crippen molar-refractivity contribution in [2.75, 3.05) is 7.11 Å². The molecule has 0 saturated heterocycles. The van der Waals surface area contributed by atoms with Gasteiger partial charge < -0.3 is 9.47 Å². The van der Waals surface area contributed by atoms with E-state index in [-0.39, 0.29) is 12.1 Å². The maximum Gasteiger partial charge on any atom is 0.336 e. The second-order valence-corrected chi connectivity index (χ2v) is 3.69. The van der Waals surface area contributed by atoms with Crippen molar-refractivity contribution >= 4 is 5.97 Å². The molecule has 1 aromatic rings. The highest BCUT2D eigenvalue weighted by atomic mass is 16.5. The fourth-order valence-corrected chi connectivity index (χ4v) is 1.33. The lowest BCUT2D eigenvalue weighted by atomic mass is 10.2.